The fourth-order valence-electron chi connectivity index (χ4n) is 1.31. The van der Waals surface area contributed by atoms with Crippen molar-refractivity contribution in [2.45, 2.75) is 19.4 Å². The third-order valence-corrected chi connectivity index (χ3v) is 2.89. The highest BCUT2D eigenvalue weighted by molar-refractivity contribution is 9.10. The zero-order valence-corrected chi connectivity index (χ0v) is 11.2. The lowest BCUT2D eigenvalue weighted by molar-refractivity contribution is -0.143. The largest absolute Gasteiger partial charge is 0.466 e. The van der Waals surface area contributed by atoms with E-state index in [4.69, 9.17) is 22.1 Å². The summed E-state index contributed by atoms with van der Waals surface area (Å²) < 4.78 is 5.71. The molecule has 88 valence electrons. The van der Waals surface area contributed by atoms with Crippen molar-refractivity contribution >= 4 is 33.5 Å². The Bertz CT molecular complexity index is 384. The Labute approximate surface area is 108 Å². The molecule has 1 rings (SSSR count). The van der Waals surface area contributed by atoms with Gasteiger partial charge in [-0.05, 0) is 30.7 Å². The molecule has 1 atom stereocenters. The van der Waals surface area contributed by atoms with E-state index >= 15 is 0 Å². The summed E-state index contributed by atoms with van der Waals surface area (Å²) in [7, 11) is 0. The lowest BCUT2D eigenvalue weighted by Gasteiger charge is -2.13. The van der Waals surface area contributed by atoms with E-state index in [2.05, 4.69) is 15.9 Å². The molecular weight excluding hydrogens is 293 g/mol. The molecule has 0 aromatic heterocycles. The highest BCUT2D eigenvalue weighted by Crippen LogP contribution is 2.27. The van der Waals surface area contributed by atoms with Crippen LogP contribution in [-0.2, 0) is 9.53 Å². The van der Waals surface area contributed by atoms with Crippen LogP contribution < -0.4 is 5.73 Å². The lowest BCUT2D eigenvalue weighted by atomic mass is 10.1. The summed E-state index contributed by atoms with van der Waals surface area (Å²) in [6.45, 7) is 2.12. The Balaban J connectivity index is 2.76. The van der Waals surface area contributed by atoms with E-state index in [1.807, 2.05) is 12.1 Å². The molecule has 0 radical (unpaired) electrons. The molecule has 0 fully saturated rings. The van der Waals surface area contributed by atoms with E-state index in [0.717, 1.165) is 10.0 Å². The van der Waals surface area contributed by atoms with Gasteiger partial charge in [0.15, 0.2) is 0 Å². The molecule has 0 saturated carbocycles. The summed E-state index contributed by atoms with van der Waals surface area (Å²) >= 11 is 9.33. The second-order valence-electron chi connectivity index (χ2n) is 3.28. The zero-order chi connectivity index (χ0) is 12.1. The number of rotatable bonds is 4. The molecule has 3 nitrogen and oxygen atoms in total. The molecule has 0 bridgehead atoms. The van der Waals surface area contributed by atoms with Crippen molar-refractivity contribution in [2.75, 3.05) is 6.61 Å². The van der Waals surface area contributed by atoms with Gasteiger partial charge in [0.1, 0.15) is 0 Å². The fourth-order valence-corrected chi connectivity index (χ4v) is 1.94. The van der Waals surface area contributed by atoms with Crippen molar-refractivity contribution in [3.8, 4) is 0 Å². The summed E-state index contributed by atoms with van der Waals surface area (Å²) in [5, 5.41) is 0.556. The van der Waals surface area contributed by atoms with Gasteiger partial charge in [0, 0.05) is 15.5 Å². The second kappa shape index (κ2) is 6.23. The molecule has 0 saturated heterocycles. The maximum Gasteiger partial charge on any atom is 0.307 e. The summed E-state index contributed by atoms with van der Waals surface area (Å²) in [6, 6.07) is 4.94. The predicted molar refractivity (Wildman–Crippen MR) is 67.3 cm³/mol. The summed E-state index contributed by atoms with van der Waals surface area (Å²) in [5.74, 6) is -0.314. The van der Waals surface area contributed by atoms with Gasteiger partial charge in [-0.2, -0.15) is 0 Å². The number of nitrogens with two attached hydrogens (primary N) is 1. The topological polar surface area (TPSA) is 52.3 Å². The van der Waals surface area contributed by atoms with Gasteiger partial charge < -0.3 is 10.5 Å². The maximum atomic E-state index is 11.3. The first-order valence-corrected chi connectivity index (χ1v) is 6.07. The van der Waals surface area contributed by atoms with Gasteiger partial charge in [-0.1, -0.05) is 27.5 Å². The predicted octanol–water partition coefficient (Wildman–Crippen LogP) is 3.06. The lowest BCUT2D eigenvalue weighted by Crippen LogP contribution is -2.17. The van der Waals surface area contributed by atoms with E-state index < -0.39 is 6.04 Å². The van der Waals surface area contributed by atoms with Gasteiger partial charge in [-0.3, -0.25) is 4.79 Å². The van der Waals surface area contributed by atoms with Crippen molar-refractivity contribution in [3.05, 3.63) is 33.3 Å². The van der Waals surface area contributed by atoms with Crippen LogP contribution in [0.4, 0.5) is 0 Å². The number of ether oxygens (including phenoxy) is 1. The first-order valence-electron chi connectivity index (χ1n) is 4.90. The van der Waals surface area contributed by atoms with Gasteiger partial charge >= 0.3 is 5.97 Å². The van der Waals surface area contributed by atoms with E-state index in [1.165, 1.54) is 0 Å². The zero-order valence-electron chi connectivity index (χ0n) is 8.87. The minimum atomic E-state index is -0.441. The Morgan fingerprint density at radius 2 is 2.31 bits per heavy atom. The molecular formula is C11H13BrClNO2. The van der Waals surface area contributed by atoms with Crippen LogP contribution >= 0.6 is 27.5 Å². The van der Waals surface area contributed by atoms with Crippen molar-refractivity contribution in [1.82, 2.24) is 0 Å². The Morgan fingerprint density at radius 3 is 2.94 bits per heavy atom. The Morgan fingerprint density at radius 1 is 1.62 bits per heavy atom. The van der Waals surface area contributed by atoms with Crippen LogP contribution in [0.5, 0.6) is 0 Å². The molecule has 0 spiro atoms. The summed E-state index contributed by atoms with van der Waals surface area (Å²) in [6.07, 6.45) is 0.129. The van der Waals surface area contributed by atoms with E-state index in [1.54, 1.807) is 13.0 Å². The van der Waals surface area contributed by atoms with Crippen LogP contribution in [0.2, 0.25) is 5.02 Å². The minimum Gasteiger partial charge on any atom is -0.466 e. The standard InChI is InChI=1S/C11H13BrClNO2/c1-2-16-11(15)6-10(14)8-5-7(12)3-4-9(8)13/h3-5,10H,2,6,14H2,1H3/t10-/m1/s1. The van der Waals surface area contributed by atoms with Gasteiger partial charge in [-0.15, -0.1) is 0 Å². The monoisotopic (exact) mass is 305 g/mol. The molecule has 1 aromatic carbocycles. The molecule has 0 aliphatic heterocycles. The van der Waals surface area contributed by atoms with Crippen LogP contribution in [0.25, 0.3) is 0 Å². The fraction of sp³-hybridized carbons (Fsp3) is 0.364. The molecule has 0 unspecified atom stereocenters. The van der Waals surface area contributed by atoms with Gasteiger partial charge in [0.2, 0.25) is 0 Å². The minimum absolute atomic E-state index is 0.129. The smallest absolute Gasteiger partial charge is 0.307 e. The number of halogens is 2. The normalized spacial score (nSPS) is 12.2. The molecule has 0 aliphatic rings. The molecule has 5 heteroatoms. The number of carbonyl (C=O) groups is 1. The maximum absolute atomic E-state index is 11.3. The van der Waals surface area contributed by atoms with Crippen LogP contribution in [0.15, 0.2) is 22.7 Å². The van der Waals surface area contributed by atoms with Crippen molar-refractivity contribution in [1.29, 1.82) is 0 Å². The quantitative estimate of drug-likeness (QED) is 0.870. The molecule has 1 aromatic rings. The molecule has 0 heterocycles. The average molecular weight is 307 g/mol. The van der Waals surface area contributed by atoms with Crippen LogP contribution in [0.3, 0.4) is 0 Å². The molecule has 0 amide bonds. The Kier molecular flexibility index (Phi) is 5.25. The number of hydrogen-bond acceptors (Lipinski definition) is 3. The molecule has 0 aliphatic carbocycles. The first-order chi connectivity index (χ1) is 7.54. The molecule has 2 N–H and O–H groups in total. The summed E-state index contributed by atoms with van der Waals surface area (Å²) in [5.41, 5.74) is 6.63. The highest BCUT2D eigenvalue weighted by atomic mass is 79.9. The summed E-state index contributed by atoms with van der Waals surface area (Å²) in [4.78, 5) is 11.3. The van der Waals surface area contributed by atoms with Crippen molar-refractivity contribution in [3.63, 3.8) is 0 Å². The van der Waals surface area contributed by atoms with Crippen LogP contribution in [-0.4, -0.2) is 12.6 Å². The van der Waals surface area contributed by atoms with Crippen LogP contribution in [0, 0.1) is 0 Å². The van der Waals surface area contributed by atoms with Crippen molar-refractivity contribution in [2.24, 2.45) is 5.73 Å². The third-order valence-electron chi connectivity index (χ3n) is 2.05. The Hall–Kier alpha value is -0.580. The number of benzene rings is 1. The third kappa shape index (κ3) is 3.77. The number of esters is 1. The van der Waals surface area contributed by atoms with E-state index in [0.29, 0.717) is 11.6 Å². The number of carbonyl (C=O) groups excluding carboxylic acids is 1. The van der Waals surface area contributed by atoms with Gasteiger partial charge in [0.25, 0.3) is 0 Å². The van der Waals surface area contributed by atoms with Gasteiger partial charge in [-0.25, -0.2) is 0 Å². The number of hydrogen-bond donors (Lipinski definition) is 1. The average Bonchev–Trinajstić information content (AvgIpc) is 2.21. The van der Waals surface area contributed by atoms with Crippen molar-refractivity contribution < 1.29 is 9.53 Å². The SMILES string of the molecule is CCOC(=O)C[C@@H](N)c1cc(Br)ccc1Cl. The first kappa shape index (κ1) is 13.5. The second-order valence-corrected chi connectivity index (χ2v) is 4.60. The van der Waals surface area contributed by atoms with Gasteiger partial charge in [0.05, 0.1) is 13.0 Å². The molecule has 16 heavy (non-hydrogen) atoms. The highest BCUT2D eigenvalue weighted by Gasteiger charge is 2.15. The van der Waals surface area contributed by atoms with E-state index in [9.17, 15) is 4.79 Å². The van der Waals surface area contributed by atoms with Crippen LogP contribution in [0.1, 0.15) is 24.9 Å². The van der Waals surface area contributed by atoms with E-state index in [-0.39, 0.29) is 12.4 Å².